The van der Waals surface area contributed by atoms with Gasteiger partial charge in [0.15, 0.2) is 0 Å². The molecule has 0 aliphatic carbocycles. The van der Waals surface area contributed by atoms with E-state index in [4.69, 9.17) is 5.73 Å². The van der Waals surface area contributed by atoms with E-state index in [0.717, 1.165) is 5.56 Å². The van der Waals surface area contributed by atoms with Gasteiger partial charge in [-0.3, -0.25) is 4.79 Å². The van der Waals surface area contributed by atoms with Crippen molar-refractivity contribution in [1.82, 2.24) is 5.32 Å². The second kappa shape index (κ2) is 9.06. The second-order valence-electron chi connectivity index (χ2n) is 4.28. The summed E-state index contributed by atoms with van der Waals surface area (Å²) in [5.41, 5.74) is 7.32. The standard InChI is InChI=1S/C15H18F2N2O2/c1-11-4-5-13(12(9-11)3-2-6-18)15(20)19-7-8-21-10-14(16)17/h4-5,9,14H,6-8,10,18H2,1H3,(H,19,20). The Kier molecular flexibility index (Phi) is 7.37. The minimum Gasteiger partial charge on any atom is -0.374 e. The van der Waals surface area contributed by atoms with E-state index < -0.39 is 13.0 Å². The molecule has 1 aromatic rings. The number of carbonyl (C=O) groups excluding carboxylic acids is 1. The average Bonchev–Trinajstić information content (AvgIpc) is 2.44. The number of hydrogen-bond donors (Lipinski definition) is 2. The zero-order chi connectivity index (χ0) is 15.7. The van der Waals surface area contributed by atoms with Gasteiger partial charge in [0.1, 0.15) is 6.61 Å². The maximum atomic E-state index is 12.0. The Hall–Kier alpha value is -1.97. The van der Waals surface area contributed by atoms with Gasteiger partial charge in [0, 0.05) is 12.1 Å². The van der Waals surface area contributed by atoms with E-state index in [2.05, 4.69) is 21.9 Å². The van der Waals surface area contributed by atoms with E-state index >= 15 is 0 Å². The van der Waals surface area contributed by atoms with E-state index in [-0.39, 0.29) is 25.6 Å². The summed E-state index contributed by atoms with van der Waals surface area (Å²) < 4.78 is 28.4. The van der Waals surface area contributed by atoms with Gasteiger partial charge in [-0.05, 0) is 24.6 Å². The van der Waals surface area contributed by atoms with Crippen LogP contribution in [-0.2, 0) is 4.74 Å². The van der Waals surface area contributed by atoms with Gasteiger partial charge in [-0.2, -0.15) is 0 Å². The molecule has 0 aliphatic heterocycles. The third-order valence-corrected chi connectivity index (χ3v) is 2.52. The van der Waals surface area contributed by atoms with Crippen LogP contribution in [0.15, 0.2) is 18.2 Å². The smallest absolute Gasteiger partial charge is 0.261 e. The summed E-state index contributed by atoms with van der Waals surface area (Å²) in [5, 5.41) is 2.60. The first-order valence-electron chi connectivity index (χ1n) is 6.48. The molecular weight excluding hydrogens is 278 g/mol. The highest BCUT2D eigenvalue weighted by Gasteiger charge is 2.10. The minimum absolute atomic E-state index is 0.0335. The summed E-state index contributed by atoms with van der Waals surface area (Å²) in [6.45, 7) is 1.66. The van der Waals surface area contributed by atoms with E-state index in [1.54, 1.807) is 18.2 Å². The van der Waals surface area contributed by atoms with Crippen LogP contribution in [0.25, 0.3) is 0 Å². The maximum absolute atomic E-state index is 12.0. The number of aryl methyl sites for hydroxylation is 1. The summed E-state index contributed by atoms with van der Waals surface area (Å²) in [5.74, 6) is 5.23. The number of benzene rings is 1. The molecule has 1 amide bonds. The first-order chi connectivity index (χ1) is 10.0. The molecule has 6 heteroatoms. The van der Waals surface area contributed by atoms with Gasteiger partial charge >= 0.3 is 0 Å². The Morgan fingerprint density at radius 2 is 2.24 bits per heavy atom. The fourth-order valence-electron chi connectivity index (χ4n) is 1.61. The molecule has 1 aromatic carbocycles. The van der Waals surface area contributed by atoms with Crippen LogP contribution >= 0.6 is 0 Å². The largest absolute Gasteiger partial charge is 0.374 e. The van der Waals surface area contributed by atoms with Crippen LogP contribution < -0.4 is 11.1 Å². The highest BCUT2D eigenvalue weighted by Crippen LogP contribution is 2.10. The lowest BCUT2D eigenvalue weighted by molar-refractivity contribution is 0.0188. The van der Waals surface area contributed by atoms with Gasteiger partial charge in [-0.1, -0.05) is 17.9 Å². The first kappa shape index (κ1) is 17.1. The molecule has 3 N–H and O–H groups in total. The number of ether oxygens (including phenoxy) is 1. The normalized spacial score (nSPS) is 10.1. The molecule has 114 valence electrons. The first-order valence-corrected chi connectivity index (χ1v) is 6.48. The van der Waals surface area contributed by atoms with Crippen LogP contribution in [0.3, 0.4) is 0 Å². The van der Waals surface area contributed by atoms with Crippen molar-refractivity contribution in [2.24, 2.45) is 5.73 Å². The van der Waals surface area contributed by atoms with Gasteiger partial charge in [-0.25, -0.2) is 8.78 Å². The zero-order valence-corrected chi connectivity index (χ0v) is 11.8. The summed E-state index contributed by atoms with van der Waals surface area (Å²) in [7, 11) is 0. The number of halogens is 2. The predicted molar refractivity (Wildman–Crippen MR) is 76.3 cm³/mol. The predicted octanol–water partition coefficient (Wildman–Crippen LogP) is 1.32. The van der Waals surface area contributed by atoms with Crippen molar-refractivity contribution >= 4 is 5.91 Å². The molecule has 21 heavy (non-hydrogen) atoms. The quantitative estimate of drug-likeness (QED) is 0.614. The number of carbonyl (C=O) groups is 1. The summed E-state index contributed by atoms with van der Waals surface area (Å²) >= 11 is 0. The van der Waals surface area contributed by atoms with Gasteiger partial charge < -0.3 is 15.8 Å². The molecule has 0 radical (unpaired) electrons. The second-order valence-corrected chi connectivity index (χ2v) is 4.28. The average molecular weight is 296 g/mol. The highest BCUT2D eigenvalue weighted by molar-refractivity contribution is 5.96. The van der Waals surface area contributed by atoms with Crippen LogP contribution in [0, 0.1) is 18.8 Å². The summed E-state index contributed by atoms with van der Waals surface area (Å²) in [6.07, 6.45) is -2.50. The lowest BCUT2D eigenvalue weighted by Crippen LogP contribution is -2.28. The van der Waals surface area contributed by atoms with Crippen LogP contribution in [-0.4, -0.2) is 38.6 Å². The maximum Gasteiger partial charge on any atom is 0.261 e. The number of amides is 1. The molecule has 0 spiro atoms. The van der Waals surface area contributed by atoms with Gasteiger partial charge in [-0.15, -0.1) is 0 Å². The molecule has 0 saturated carbocycles. The van der Waals surface area contributed by atoms with Gasteiger partial charge in [0.2, 0.25) is 0 Å². The minimum atomic E-state index is -2.50. The molecule has 0 bridgehead atoms. The lowest BCUT2D eigenvalue weighted by Gasteiger charge is -2.08. The van der Waals surface area contributed by atoms with Crippen LogP contribution in [0.5, 0.6) is 0 Å². The molecule has 1 rings (SSSR count). The van der Waals surface area contributed by atoms with Crippen molar-refractivity contribution in [2.45, 2.75) is 13.3 Å². The molecular formula is C15H18F2N2O2. The molecule has 0 aliphatic rings. The molecule has 0 heterocycles. The fourth-order valence-corrected chi connectivity index (χ4v) is 1.61. The zero-order valence-electron chi connectivity index (χ0n) is 11.8. The Bertz CT molecular complexity index is 536. The van der Waals surface area contributed by atoms with Crippen molar-refractivity contribution < 1.29 is 18.3 Å². The van der Waals surface area contributed by atoms with Crippen LogP contribution in [0.1, 0.15) is 21.5 Å². The SMILES string of the molecule is Cc1ccc(C(=O)NCCOCC(F)F)c(C#CCN)c1. The summed E-state index contributed by atoms with van der Waals surface area (Å²) in [6, 6.07) is 5.27. The Balaban J connectivity index is 2.61. The van der Waals surface area contributed by atoms with E-state index in [1.807, 2.05) is 6.92 Å². The monoisotopic (exact) mass is 296 g/mol. The Labute approximate surface area is 122 Å². The van der Waals surface area contributed by atoms with Gasteiger partial charge in [0.25, 0.3) is 12.3 Å². The number of nitrogens with one attached hydrogen (secondary N) is 1. The molecule has 0 unspecified atom stereocenters. The van der Waals surface area contributed by atoms with E-state index in [9.17, 15) is 13.6 Å². The number of alkyl halides is 2. The molecule has 0 aromatic heterocycles. The van der Waals surface area contributed by atoms with Crippen molar-refractivity contribution in [3.63, 3.8) is 0 Å². The molecule has 4 nitrogen and oxygen atoms in total. The Morgan fingerprint density at radius 1 is 1.48 bits per heavy atom. The van der Waals surface area contributed by atoms with Crippen molar-refractivity contribution in [2.75, 3.05) is 26.3 Å². The van der Waals surface area contributed by atoms with Crippen molar-refractivity contribution in [1.29, 1.82) is 0 Å². The summed E-state index contributed by atoms with van der Waals surface area (Å²) in [4.78, 5) is 12.0. The van der Waals surface area contributed by atoms with Crippen molar-refractivity contribution in [3.05, 3.63) is 34.9 Å². The fraction of sp³-hybridized carbons (Fsp3) is 0.400. The lowest BCUT2D eigenvalue weighted by atomic mass is 10.0. The number of nitrogens with two attached hydrogens (primary N) is 1. The number of hydrogen-bond acceptors (Lipinski definition) is 3. The molecule has 0 fully saturated rings. The van der Waals surface area contributed by atoms with Crippen molar-refractivity contribution in [3.8, 4) is 11.8 Å². The highest BCUT2D eigenvalue weighted by atomic mass is 19.3. The Morgan fingerprint density at radius 3 is 2.90 bits per heavy atom. The van der Waals surface area contributed by atoms with E-state index in [1.165, 1.54) is 0 Å². The third-order valence-electron chi connectivity index (χ3n) is 2.52. The molecule has 0 saturated heterocycles. The van der Waals surface area contributed by atoms with Crippen LogP contribution in [0.2, 0.25) is 0 Å². The topological polar surface area (TPSA) is 64.3 Å². The van der Waals surface area contributed by atoms with Crippen LogP contribution in [0.4, 0.5) is 8.78 Å². The number of rotatable bonds is 6. The van der Waals surface area contributed by atoms with Gasteiger partial charge in [0.05, 0.1) is 18.7 Å². The van der Waals surface area contributed by atoms with E-state index in [0.29, 0.717) is 11.1 Å². The molecule has 0 atom stereocenters. The third kappa shape index (κ3) is 6.34.